The van der Waals surface area contributed by atoms with Crippen LogP contribution in [0.5, 0.6) is 0 Å². The van der Waals surface area contributed by atoms with E-state index in [9.17, 15) is 14.4 Å². The van der Waals surface area contributed by atoms with Crippen LogP contribution in [0.2, 0.25) is 10.0 Å². The summed E-state index contributed by atoms with van der Waals surface area (Å²) >= 11 is 13.8. The van der Waals surface area contributed by atoms with Crippen LogP contribution in [0.15, 0.2) is 60.6 Å². The van der Waals surface area contributed by atoms with Crippen molar-refractivity contribution >= 4 is 35.0 Å². The van der Waals surface area contributed by atoms with E-state index in [0.717, 1.165) is 24.5 Å². The third-order valence-corrected chi connectivity index (χ3v) is 5.82. The van der Waals surface area contributed by atoms with Gasteiger partial charge in [-0.25, -0.2) is 23.5 Å². The summed E-state index contributed by atoms with van der Waals surface area (Å²) in [6.07, 6.45) is 0. The molecule has 3 rings (SSSR count). The van der Waals surface area contributed by atoms with Gasteiger partial charge in [0.25, 0.3) is 0 Å². The normalized spacial score (nSPS) is 11.0. The minimum atomic E-state index is -0.803. The molecule has 1 N–H and O–H groups in total. The van der Waals surface area contributed by atoms with Crippen LogP contribution in [-0.4, -0.2) is 14.1 Å². The highest BCUT2D eigenvalue weighted by Gasteiger charge is 2.15. The first-order valence-electron chi connectivity index (χ1n) is 8.02. The molecular formula is C18H15Cl2N3O3S. The zero-order valence-corrected chi connectivity index (χ0v) is 16.8. The number of nitrogens with zero attached hydrogens (tertiary/aromatic N) is 2. The summed E-state index contributed by atoms with van der Waals surface area (Å²) in [6.45, 7) is 3.63. The van der Waals surface area contributed by atoms with Crippen molar-refractivity contribution in [2.24, 2.45) is 0 Å². The Balaban J connectivity index is 2.11. The Morgan fingerprint density at radius 2 is 1.70 bits per heavy atom. The molecule has 0 unspecified atom stereocenters. The summed E-state index contributed by atoms with van der Waals surface area (Å²) < 4.78 is 1.85. The van der Waals surface area contributed by atoms with Crippen molar-refractivity contribution < 1.29 is 0 Å². The maximum Gasteiger partial charge on any atom is 0.340 e. The second-order valence-electron chi connectivity index (χ2n) is 5.73. The van der Waals surface area contributed by atoms with Gasteiger partial charge in [-0.3, -0.25) is 4.98 Å². The molecule has 1 heterocycles. The van der Waals surface area contributed by atoms with E-state index >= 15 is 0 Å². The van der Waals surface area contributed by atoms with E-state index < -0.39 is 17.1 Å². The molecule has 140 valence electrons. The van der Waals surface area contributed by atoms with Crippen LogP contribution in [0, 0.1) is 6.92 Å². The number of hydrogen-bond donors (Lipinski definition) is 1. The summed E-state index contributed by atoms with van der Waals surface area (Å²) in [4.78, 5) is 40.4. The van der Waals surface area contributed by atoms with Crippen LogP contribution in [-0.2, 0) is 6.54 Å². The van der Waals surface area contributed by atoms with Crippen molar-refractivity contribution in [3.8, 4) is 5.69 Å². The first kappa shape index (κ1) is 19.5. The van der Waals surface area contributed by atoms with Gasteiger partial charge < -0.3 is 0 Å². The molecule has 27 heavy (non-hydrogen) atoms. The molecule has 0 spiro atoms. The number of hydrogen-bond acceptors (Lipinski definition) is 4. The molecule has 1 aromatic heterocycles. The first-order chi connectivity index (χ1) is 12.8. The highest BCUT2D eigenvalue weighted by Crippen LogP contribution is 2.37. The van der Waals surface area contributed by atoms with E-state index in [0.29, 0.717) is 15.7 Å². The van der Waals surface area contributed by atoms with Gasteiger partial charge in [-0.05, 0) is 55.8 Å². The van der Waals surface area contributed by atoms with Gasteiger partial charge in [0.2, 0.25) is 0 Å². The molecule has 0 amide bonds. The molecule has 0 saturated carbocycles. The highest BCUT2D eigenvalue weighted by atomic mass is 35.5. The number of rotatable bonds is 4. The van der Waals surface area contributed by atoms with Gasteiger partial charge in [-0.15, -0.1) is 0 Å². The van der Waals surface area contributed by atoms with Gasteiger partial charge in [0.05, 0.1) is 10.7 Å². The molecule has 2 aromatic carbocycles. The number of benzene rings is 2. The summed E-state index contributed by atoms with van der Waals surface area (Å²) in [5.41, 5.74) is -1.16. The lowest BCUT2D eigenvalue weighted by molar-refractivity contribution is 0.599. The third kappa shape index (κ3) is 3.90. The first-order valence-corrected chi connectivity index (χ1v) is 9.59. The van der Waals surface area contributed by atoms with Gasteiger partial charge >= 0.3 is 17.1 Å². The van der Waals surface area contributed by atoms with Crippen LogP contribution >= 0.6 is 35.0 Å². The molecule has 0 bridgehead atoms. The van der Waals surface area contributed by atoms with Crippen LogP contribution in [0.1, 0.15) is 12.5 Å². The van der Waals surface area contributed by atoms with Gasteiger partial charge in [0.15, 0.2) is 0 Å². The molecule has 0 fully saturated rings. The fraction of sp³-hybridized carbons (Fsp3) is 0.167. The Labute approximate surface area is 168 Å². The van der Waals surface area contributed by atoms with Crippen molar-refractivity contribution in [1.82, 2.24) is 14.1 Å². The maximum absolute atomic E-state index is 12.5. The molecule has 0 radical (unpaired) electrons. The van der Waals surface area contributed by atoms with Crippen molar-refractivity contribution in [3.05, 3.63) is 83.5 Å². The predicted molar refractivity (Wildman–Crippen MR) is 108 cm³/mol. The van der Waals surface area contributed by atoms with E-state index in [-0.39, 0.29) is 6.54 Å². The van der Waals surface area contributed by atoms with Crippen LogP contribution in [0.3, 0.4) is 0 Å². The summed E-state index contributed by atoms with van der Waals surface area (Å²) in [5, 5.41) is 1.03. The molecule has 9 heteroatoms. The lowest BCUT2D eigenvalue weighted by Gasteiger charge is -2.13. The van der Waals surface area contributed by atoms with Gasteiger partial charge in [0, 0.05) is 21.4 Å². The van der Waals surface area contributed by atoms with Crippen molar-refractivity contribution in [2.45, 2.75) is 30.2 Å². The fourth-order valence-electron chi connectivity index (χ4n) is 2.61. The fourth-order valence-corrected chi connectivity index (χ4v) is 3.99. The van der Waals surface area contributed by atoms with Crippen LogP contribution in [0.4, 0.5) is 0 Å². The Morgan fingerprint density at radius 3 is 2.30 bits per heavy atom. The minimum absolute atomic E-state index is 0.145. The molecule has 0 aliphatic heterocycles. The number of H-pyrrole nitrogens is 1. The number of aromatic nitrogens is 3. The Bertz CT molecular complexity index is 1160. The highest BCUT2D eigenvalue weighted by molar-refractivity contribution is 7.99. The van der Waals surface area contributed by atoms with Gasteiger partial charge in [-0.1, -0.05) is 35.0 Å². The number of nitrogens with one attached hydrogen (secondary N) is 1. The van der Waals surface area contributed by atoms with Crippen LogP contribution < -0.4 is 17.1 Å². The molecule has 0 aliphatic rings. The van der Waals surface area contributed by atoms with Crippen molar-refractivity contribution in [3.63, 3.8) is 0 Å². The lowest BCUT2D eigenvalue weighted by Crippen LogP contribution is -2.48. The van der Waals surface area contributed by atoms with E-state index in [2.05, 4.69) is 4.98 Å². The average molecular weight is 424 g/mol. The SMILES string of the molecule is CCn1c(=O)[nH]c(=O)n(-c2cc(C)c(Sc3ccc(Cl)cc3)c(Cl)c2)c1=O. The lowest BCUT2D eigenvalue weighted by atomic mass is 10.2. The third-order valence-electron chi connectivity index (χ3n) is 3.91. The Hall–Kier alpha value is -2.22. The van der Waals surface area contributed by atoms with Gasteiger partial charge in [-0.2, -0.15) is 0 Å². The van der Waals surface area contributed by atoms with E-state index in [1.807, 2.05) is 19.1 Å². The summed E-state index contributed by atoms with van der Waals surface area (Å²) in [5.74, 6) is 0. The predicted octanol–water partition coefficient (Wildman–Crippen LogP) is 3.47. The summed E-state index contributed by atoms with van der Waals surface area (Å²) in [7, 11) is 0. The number of halogens is 2. The van der Waals surface area contributed by atoms with E-state index in [1.165, 1.54) is 17.8 Å². The van der Waals surface area contributed by atoms with E-state index in [4.69, 9.17) is 23.2 Å². The zero-order valence-electron chi connectivity index (χ0n) is 14.5. The smallest absolute Gasteiger partial charge is 0.258 e. The molecule has 0 atom stereocenters. The average Bonchev–Trinajstić information content (AvgIpc) is 2.59. The quantitative estimate of drug-likeness (QED) is 0.696. The largest absolute Gasteiger partial charge is 0.340 e. The number of aryl methyl sites for hydroxylation is 1. The van der Waals surface area contributed by atoms with Crippen molar-refractivity contribution in [1.29, 1.82) is 0 Å². The Kier molecular flexibility index (Phi) is 5.64. The maximum atomic E-state index is 12.5. The zero-order chi connectivity index (χ0) is 19.7. The Morgan fingerprint density at radius 1 is 1.04 bits per heavy atom. The van der Waals surface area contributed by atoms with Crippen LogP contribution in [0.25, 0.3) is 5.69 Å². The van der Waals surface area contributed by atoms with E-state index in [1.54, 1.807) is 25.1 Å². The second-order valence-corrected chi connectivity index (χ2v) is 7.65. The molecule has 3 aromatic rings. The summed E-state index contributed by atoms with van der Waals surface area (Å²) in [6, 6.07) is 10.5. The van der Waals surface area contributed by atoms with Gasteiger partial charge in [0.1, 0.15) is 0 Å². The topological polar surface area (TPSA) is 76.9 Å². The molecule has 6 nitrogen and oxygen atoms in total. The standard InChI is InChI=1S/C18H15Cl2N3O3S/c1-3-22-16(24)21-17(25)23(18(22)26)12-8-10(2)15(14(20)9-12)27-13-6-4-11(19)5-7-13/h4-9H,3H2,1-2H3,(H,21,24,25). The second kappa shape index (κ2) is 7.80. The molecular weight excluding hydrogens is 409 g/mol. The number of aromatic amines is 1. The monoisotopic (exact) mass is 423 g/mol. The minimum Gasteiger partial charge on any atom is -0.258 e. The van der Waals surface area contributed by atoms with Crippen molar-refractivity contribution in [2.75, 3.05) is 0 Å². The molecule has 0 aliphatic carbocycles. The molecule has 0 saturated heterocycles.